The van der Waals surface area contributed by atoms with Crippen molar-refractivity contribution in [2.45, 2.75) is 13.3 Å². The number of ketones is 1. The van der Waals surface area contributed by atoms with E-state index in [4.69, 9.17) is 23.2 Å². The topological polar surface area (TPSA) is 59.1 Å². The largest absolute Gasteiger partial charge is 0.302 e. The Kier molecular flexibility index (Phi) is 4.75. The molecule has 2 aromatic rings. The van der Waals surface area contributed by atoms with Crippen LogP contribution in [-0.2, 0) is 11.2 Å². The highest BCUT2D eigenvalue weighted by molar-refractivity contribution is 7.14. The molecule has 0 saturated carbocycles. The lowest BCUT2D eigenvalue weighted by Gasteiger charge is -2.06. The van der Waals surface area contributed by atoms with E-state index in [0.717, 1.165) is 0 Å². The second-order valence-electron chi connectivity index (χ2n) is 4.02. The van der Waals surface area contributed by atoms with Crippen LogP contribution in [0.2, 0.25) is 10.0 Å². The third kappa shape index (κ3) is 3.56. The van der Waals surface area contributed by atoms with Crippen molar-refractivity contribution in [1.29, 1.82) is 0 Å². The van der Waals surface area contributed by atoms with Crippen LogP contribution < -0.4 is 5.32 Å². The smallest absolute Gasteiger partial charge is 0.230 e. The molecule has 1 aromatic carbocycles. The molecule has 0 atom stereocenters. The van der Waals surface area contributed by atoms with Crippen LogP contribution in [-0.4, -0.2) is 16.7 Å². The summed E-state index contributed by atoms with van der Waals surface area (Å²) in [7, 11) is 0. The second kappa shape index (κ2) is 6.35. The summed E-state index contributed by atoms with van der Waals surface area (Å²) in [5.74, 6) is -0.430. The first-order valence-electron chi connectivity index (χ1n) is 5.66. The number of Topliss-reactive ketones (excluding diaryl/α,β-unsaturated/α-hetero) is 1. The number of hydrogen-bond acceptors (Lipinski definition) is 4. The third-order valence-electron chi connectivity index (χ3n) is 2.51. The summed E-state index contributed by atoms with van der Waals surface area (Å²) in [6.45, 7) is 1.42. The maximum absolute atomic E-state index is 11.9. The molecule has 0 unspecified atom stereocenters. The van der Waals surface area contributed by atoms with Crippen molar-refractivity contribution in [2.75, 3.05) is 5.32 Å². The monoisotopic (exact) mass is 328 g/mol. The van der Waals surface area contributed by atoms with Gasteiger partial charge in [0.25, 0.3) is 0 Å². The zero-order valence-corrected chi connectivity index (χ0v) is 12.8. The average molecular weight is 329 g/mol. The van der Waals surface area contributed by atoms with E-state index < -0.39 is 0 Å². The summed E-state index contributed by atoms with van der Waals surface area (Å²) in [5.41, 5.74) is 0.901. The number of anilines is 1. The Bertz CT molecular complexity index is 650. The van der Waals surface area contributed by atoms with Crippen LogP contribution in [0.5, 0.6) is 0 Å². The lowest BCUT2D eigenvalue weighted by atomic mass is 10.1. The van der Waals surface area contributed by atoms with Crippen molar-refractivity contribution >= 4 is 51.4 Å². The number of nitrogens with one attached hydrogen (secondary N) is 1. The Morgan fingerprint density at radius 1 is 1.30 bits per heavy atom. The van der Waals surface area contributed by atoms with Gasteiger partial charge in [-0.3, -0.25) is 9.59 Å². The lowest BCUT2D eigenvalue weighted by Crippen LogP contribution is -2.15. The first kappa shape index (κ1) is 15.0. The van der Waals surface area contributed by atoms with Gasteiger partial charge in [0, 0.05) is 22.3 Å². The van der Waals surface area contributed by atoms with Crippen LogP contribution in [0.1, 0.15) is 23.0 Å². The Labute approximate surface area is 129 Å². The van der Waals surface area contributed by atoms with E-state index >= 15 is 0 Å². The molecule has 0 aliphatic heterocycles. The minimum atomic E-state index is -0.288. The highest BCUT2D eigenvalue weighted by atomic mass is 35.5. The predicted molar refractivity (Wildman–Crippen MR) is 80.9 cm³/mol. The van der Waals surface area contributed by atoms with E-state index in [1.54, 1.807) is 23.6 Å². The van der Waals surface area contributed by atoms with Gasteiger partial charge in [-0.1, -0.05) is 29.3 Å². The molecule has 104 valence electrons. The fourth-order valence-corrected chi connectivity index (χ4v) is 2.81. The van der Waals surface area contributed by atoms with Gasteiger partial charge in [0.15, 0.2) is 10.9 Å². The first-order valence-corrected chi connectivity index (χ1v) is 7.30. The molecule has 0 saturated heterocycles. The normalized spacial score (nSPS) is 10.3. The summed E-state index contributed by atoms with van der Waals surface area (Å²) >= 11 is 13.2. The van der Waals surface area contributed by atoms with Crippen molar-refractivity contribution in [1.82, 2.24) is 4.98 Å². The summed E-state index contributed by atoms with van der Waals surface area (Å²) in [6, 6.07) is 5.06. The molecule has 0 aliphatic carbocycles. The van der Waals surface area contributed by atoms with Crippen molar-refractivity contribution in [2.24, 2.45) is 0 Å². The predicted octanol–water partition coefficient (Wildman–Crippen LogP) is 3.83. The van der Waals surface area contributed by atoms with Crippen molar-refractivity contribution in [3.63, 3.8) is 0 Å². The van der Waals surface area contributed by atoms with Gasteiger partial charge >= 0.3 is 0 Å². The van der Waals surface area contributed by atoms with E-state index in [2.05, 4.69) is 10.3 Å². The van der Waals surface area contributed by atoms with Crippen LogP contribution in [0.15, 0.2) is 23.6 Å². The highest BCUT2D eigenvalue weighted by Gasteiger charge is 2.13. The number of halogens is 2. The van der Waals surface area contributed by atoms with Gasteiger partial charge < -0.3 is 5.32 Å². The van der Waals surface area contributed by atoms with Gasteiger partial charge in [-0.05, 0) is 17.7 Å². The van der Waals surface area contributed by atoms with Gasteiger partial charge in [-0.2, -0.15) is 0 Å². The molecule has 1 amide bonds. The van der Waals surface area contributed by atoms with Crippen LogP contribution in [0.25, 0.3) is 0 Å². The maximum atomic E-state index is 11.9. The lowest BCUT2D eigenvalue weighted by molar-refractivity contribution is -0.115. The third-order valence-corrected chi connectivity index (χ3v) is 3.98. The number of benzene rings is 1. The number of amides is 1. The summed E-state index contributed by atoms with van der Waals surface area (Å²) in [4.78, 5) is 27.0. The zero-order chi connectivity index (χ0) is 14.7. The highest BCUT2D eigenvalue weighted by Crippen LogP contribution is 2.25. The number of carbonyl (C=O) groups is 2. The average Bonchev–Trinajstić information content (AvgIpc) is 2.82. The van der Waals surface area contributed by atoms with Crippen molar-refractivity contribution in [3.8, 4) is 0 Å². The van der Waals surface area contributed by atoms with E-state index in [0.29, 0.717) is 26.4 Å². The minimum absolute atomic E-state index is 0.0491. The quantitative estimate of drug-likeness (QED) is 0.867. The SMILES string of the molecule is CC(=O)c1csc(NC(=O)Cc2c(Cl)cccc2Cl)n1. The number of aromatic nitrogens is 1. The molecule has 1 heterocycles. The number of thiazole rings is 1. The fraction of sp³-hybridized carbons (Fsp3) is 0.154. The molecule has 2 rings (SSSR count). The molecule has 4 nitrogen and oxygen atoms in total. The molecule has 0 aliphatic rings. The Morgan fingerprint density at radius 3 is 2.50 bits per heavy atom. The fourth-order valence-electron chi connectivity index (χ4n) is 1.52. The first-order chi connectivity index (χ1) is 9.47. The van der Waals surface area contributed by atoms with Crippen molar-refractivity contribution in [3.05, 3.63) is 44.9 Å². The Balaban J connectivity index is 2.07. The Morgan fingerprint density at radius 2 is 1.95 bits per heavy atom. The van der Waals surface area contributed by atoms with E-state index in [1.165, 1.54) is 18.3 Å². The number of rotatable bonds is 4. The molecule has 0 bridgehead atoms. The number of nitrogens with zero attached hydrogens (tertiary/aromatic N) is 1. The molecular formula is C13H10Cl2N2O2S. The van der Waals surface area contributed by atoms with Crippen LogP contribution >= 0.6 is 34.5 Å². The van der Waals surface area contributed by atoms with Crippen molar-refractivity contribution < 1.29 is 9.59 Å². The zero-order valence-electron chi connectivity index (χ0n) is 10.4. The number of hydrogen-bond donors (Lipinski definition) is 1. The van der Waals surface area contributed by atoms with E-state index in [-0.39, 0.29) is 18.1 Å². The summed E-state index contributed by atoms with van der Waals surface area (Å²) in [6.07, 6.45) is 0.0491. The standard InChI is InChI=1S/C13H10Cl2N2O2S/c1-7(18)11-6-20-13(16-11)17-12(19)5-8-9(14)3-2-4-10(8)15/h2-4,6H,5H2,1H3,(H,16,17,19). The van der Waals surface area contributed by atoms with E-state index in [9.17, 15) is 9.59 Å². The molecule has 20 heavy (non-hydrogen) atoms. The molecule has 1 aromatic heterocycles. The molecule has 0 fully saturated rings. The number of carbonyl (C=O) groups excluding carboxylic acids is 2. The van der Waals surface area contributed by atoms with Crippen LogP contribution in [0, 0.1) is 0 Å². The summed E-state index contributed by atoms with van der Waals surface area (Å²) in [5, 5.41) is 5.48. The van der Waals surface area contributed by atoms with Gasteiger partial charge in [-0.15, -0.1) is 11.3 Å². The molecule has 1 N–H and O–H groups in total. The molecular weight excluding hydrogens is 319 g/mol. The minimum Gasteiger partial charge on any atom is -0.302 e. The van der Waals surface area contributed by atoms with Gasteiger partial charge in [0.1, 0.15) is 5.69 Å². The Hall–Kier alpha value is -1.43. The molecule has 0 radical (unpaired) electrons. The summed E-state index contributed by atoms with van der Waals surface area (Å²) < 4.78 is 0. The van der Waals surface area contributed by atoms with Gasteiger partial charge in [0.05, 0.1) is 6.42 Å². The van der Waals surface area contributed by atoms with Gasteiger partial charge in [-0.25, -0.2) is 4.98 Å². The maximum Gasteiger partial charge on any atom is 0.230 e. The molecule has 7 heteroatoms. The van der Waals surface area contributed by atoms with E-state index in [1.807, 2.05) is 0 Å². The van der Waals surface area contributed by atoms with Crippen LogP contribution in [0.4, 0.5) is 5.13 Å². The second-order valence-corrected chi connectivity index (χ2v) is 5.69. The van der Waals surface area contributed by atoms with Crippen LogP contribution in [0.3, 0.4) is 0 Å². The van der Waals surface area contributed by atoms with Gasteiger partial charge in [0.2, 0.25) is 5.91 Å². The molecule has 0 spiro atoms.